The van der Waals surface area contributed by atoms with Crippen LogP contribution in [0.5, 0.6) is 0 Å². The molecule has 0 aliphatic heterocycles. The van der Waals surface area contributed by atoms with Crippen molar-refractivity contribution in [3.05, 3.63) is 6.20 Å². The zero-order valence-electron chi connectivity index (χ0n) is 7.74. The van der Waals surface area contributed by atoms with E-state index in [0.29, 0.717) is 17.5 Å². The molecular formula is C9H16N4. The average molecular weight is 180 g/mol. The van der Waals surface area contributed by atoms with Crippen molar-refractivity contribution in [3.8, 4) is 0 Å². The van der Waals surface area contributed by atoms with Crippen molar-refractivity contribution < 1.29 is 0 Å². The summed E-state index contributed by atoms with van der Waals surface area (Å²) in [4.78, 5) is 0. The van der Waals surface area contributed by atoms with Gasteiger partial charge in [0.2, 0.25) is 0 Å². The predicted octanol–water partition coefficient (Wildman–Crippen LogP) is 1.55. The van der Waals surface area contributed by atoms with Gasteiger partial charge in [0.05, 0.1) is 17.9 Å². The second-order valence-corrected chi connectivity index (χ2v) is 3.72. The number of nitrogens with zero attached hydrogens (tertiary/aromatic N) is 2. The van der Waals surface area contributed by atoms with Crippen molar-refractivity contribution in [2.24, 2.45) is 0 Å². The molecule has 13 heavy (non-hydrogen) atoms. The summed E-state index contributed by atoms with van der Waals surface area (Å²) in [5.41, 5.74) is 12.1. The van der Waals surface area contributed by atoms with Crippen molar-refractivity contribution in [2.75, 3.05) is 11.5 Å². The zero-order chi connectivity index (χ0) is 9.26. The van der Waals surface area contributed by atoms with Gasteiger partial charge in [0.15, 0.2) is 0 Å². The molecule has 1 aliphatic carbocycles. The van der Waals surface area contributed by atoms with E-state index >= 15 is 0 Å². The third kappa shape index (κ3) is 1.48. The molecule has 0 spiro atoms. The van der Waals surface area contributed by atoms with Gasteiger partial charge in [-0.15, -0.1) is 0 Å². The first-order valence-corrected chi connectivity index (χ1v) is 4.87. The molecule has 1 fully saturated rings. The van der Waals surface area contributed by atoms with E-state index in [1.54, 1.807) is 6.20 Å². The third-order valence-corrected chi connectivity index (χ3v) is 2.78. The highest BCUT2D eigenvalue weighted by Gasteiger charge is 2.18. The van der Waals surface area contributed by atoms with Crippen LogP contribution in [0.15, 0.2) is 6.20 Å². The molecule has 2 rings (SSSR count). The summed E-state index contributed by atoms with van der Waals surface area (Å²) in [6, 6.07) is 0.478. The van der Waals surface area contributed by atoms with Gasteiger partial charge >= 0.3 is 0 Å². The molecule has 1 heterocycles. The van der Waals surface area contributed by atoms with Gasteiger partial charge in [-0.1, -0.05) is 19.3 Å². The van der Waals surface area contributed by atoms with E-state index in [9.17, 15) is 0 Å². The summed E-state index contributed by atoms with van der Waals surface area (Å²) >= 11 is 0. The van der Waals surface area contributed by atoms with Gasteiger partial charge < -0.3 is 11.5 Å². The Bertz CT molecular complexity index is 286. The van der Waals surface area contributed by atoms with Crippen molar-refractivity contribution in [1.82, 2.24) is 9.78 Å². The van der Waals surface area contributed by atoms with E-state index in [0.717, 1.165) is 0 Å². The van der Waals surface area contributed by atoms with Crippen molar-refractivity contribution in [3.63, 3.8) is 0 Å². The molecule has 4 N–H and O–H groups in total. The maximum Gasteiger partial charge on any atom is 0.145 e. The minimum atomic E-state index is 0.478. The summed E-state index contributed by atoms with van der Waals surface area (Å²) in [5.74, 6) is 0.631. The standard InChI is InChI=1S/C9H16N4/c10-8-6-12-13(9(8)11)7-4-2-1-3-5-7/h6-7H,1-5,10-11H2. The number of rotatable bonds is 1. The van der Waals surface area contributed by atoms with Gasteiger partial charge in [-0.25, -0.2) is 4.68 Å². The predicted molar refractivity (Wildman–Crippen MR) is 53.2 cm³/mol. The SMILES string of the molecule is Nc1cnn(C2CCCCC2)c1N. The van der Waals surface area contributed by atoms with Gasteiger partial charge in [0.25, 0.3) is 0 Å². The molecule has 0 saturated heterocycles. The highest BCUT2D eigenvalue weighted by Crippen LogP contribution is 2.30. The van der Waals surface area contributed by atoms with Crippen LogP contribution in [0.2, 0.25) is 0 Å². The maximum absolute atomic E-state index is 5.81. The summed E-state index contributed by atoms with van der Waals surface area (Å²) in [6.07, 6.45) is 7.92. The van der Waals surface area contributed by atoms with Gasteiger partial charge in [0, 0.05) is 0 Å². The fourth-order valence-electron chi connectivity index (χ4n) is 2.00. The van der Waals surface area contributed by atoms with E-state index < -0.39 is 0 Å². The summed E-state index contributed by atoms with van der Waals surface area (Å²) in [6.45, 7) is 0. The Hall–Kier alpha value is -1.19. The van der Waals surface area contributed by atoms with Crippen LogP contribution in [0.1, 0.15) is 38.1 Å². The summed E-state index contributed by atoms with van der Waals surface area (Å²) in [7, 11) is 0. The largest absolute Gasteiger partial charge is 0.394 e. The second kappa shape index (κ2) is 3.28. The smallest absolute Gasteiger partial charge is 0.145 e. The molecule has 0 bridgehead atoms. The van der Waals surface area contributed by atoms with Gasteiger partial charge in [0.1, 0.15) is 5.82 Å². The number of hydrogen-bond acceptors (Lipinski definition) is 3. The molecule has 1 aromatic heterocycles. The van der Waals surface area contributed by atoms with Crippen molar-refractivity contribution in [2.45, 2.75) is 38.1 Å². The zero-order valence-corrected chi connectivity index (χ0v) is 7.74. The topological polar surface area (TPSA) is 69.9 Å². The van der Waals surface area contributed by atoms with Crippen LogP contribution in [0, 0.1) is 0 Å². The number of hydrogen-bond donors (Lipinski definition) is 2. The quantitative estimate of drug-likeness (QED) is 0.689. The average Bonchev–Trinajstić information content (AvgIpc) is 2.49. The Balaban J connectivity index is 2.18. The van der Waals surface area contributed by atoms with Crippen molar-refractivity contribution in [1.29, 1.82) is 0 Å². The van der Waals surface area contributed by atoms with Crippen LogP contribution in [0.25, 0.3) is 0 Å². The molecule has 1 aliphatic rings. The lowest BCUT2D eigenvalue weighted by Crippen LogP contribution is -2.16. The fourth-order valence-corrected chi connectivity index (χ4v) is 2.00. The third-order valence-electron chi connectivity index (χ3n) is 2.78. The Morgan fingerprint density at radius 3 is 2.46 bits per heavy atom. The lowest BCUT2D eigenvalue weighted by Gasteiger charge is -2.22. The highest BCUT2D eigenvalue weighted by atomic mass is 15.3. The Kier molecular flexibility index (Phi) is 2.12. The van der Waals surface area contributed by atoms with E-state index in [4.69, 9.17) is 11.5 Å². The van der Waals surface area contributed by atoms with Crippen LogP contribution >= 0.6 is 0 Å². The van der Waals surface area contributed by atoms with Crippen LogP contribution < -0.4 is 11.5 Å². The monoisotopic (exact) mass is 180 g/mol. The summed E-state index contributed by atoms with van der Waals surface area (Å²) < 4.78 is 1.88. The van der Waals surface area contributed by atoms with E-state index in [1.807, 2.05) is 4.68 Å². The normalized spacial score (nSPS) is 19.1. The minimum absolute atomic E-state index is 0.478. The van der Waals surface area contributed by atoms with Crippen LogP contribution in [-0.2, 0) is 0 Å². The van der Waals surface area contributed by atoms with Crippen molar-refractivity contribution >= 4 is 11.5 Å². The van der Waals surface area contributed by atoms with Crippen LogP contribution in [0.4, 0.5) is 11.5 Å². The molecule has 0 aromatic carbocycles. The first kappa shape index (κ1) is 8.41. The van der Waals surface area contributed by atoms with E-state index in [-0.39, 0.29) is 0 Å². The Morgan fingerprint density at radius 2 is 1.92 bits per heavy atom. The van der Waals surface area contributed by atoms with E-state index in [2.05, 4.69) is 5.10 Å². The second-order valence-electron chi connectivity index (χ2n) is 3.72. The number of nitrogen functional groups attached to an aromatic ring is 2. The summed E-state index contributed by atoms with van der Waals surface area (Å²) in [5, 5.41) is 4.21. The molecule has 0 unspecified atom stereocenters. The van der Waals surface area contributed by atoms with Gasteiger partial charge in [-0.05, 0) is 12.8 Å². The Morgan fingerprint density at radius 1 is 1.23 bits per heavy atom. The van der Waals surface area contributed by atoms with Crippen LogP contribution in [0.3, 0.4) is 0 Å². The Labute approximate surface area is 77.9 Å². The number of nitrogens with two attached hydrogens (primary N) is 2. The highest BCUT2D eigenvalue weighted by molar-refractivity contribution is 5.57. The lowest BCUT2D eigenvalue weighted by molar-refractivity contribution is 0.333. The van der Waals surface area contributed by atoms with Crippen LogP contribution in [-0.4, -0.2) is 9.78 Å². The number of aromatic nitrogens is 2. The molecule has 4 heteroatoms. The van der Waals surface area contributed by atoms with Gasteiger partial charge in [-0.3, -0.25) is 0 Å². The lowest BCUT2D eigenvalue weighted by atomic mass is 9.96. The van der Waals surface area contributed by atoms with E-state index in [1.165, 1.54) is 32.1 Å². The molecule has 0 amide bonds. The first-order valence-electron chi connectivity index (χ1n) is 4.87. The molecule has 0 atom stereocenters. The molecular weight excluding hydrogens is 164 g/mol. The number of anilines is 2. The molecule has 4 nitrogen and oxygen atoms in total. The molecule has 1 saturated carbocycles. The molecule has 1 aromatic rings. The minimum Gasteiger partial charge on any atom is -0.394 e. The first-order chi connectivity index (χ1) is 6.29. The van der Waals surface area contributed by atoms with Gasteiger partial charge in [-0.2, -0.15) is 5.10 Å². The molecule has 72 valence electrons. The maximum atomic E-state index is 5.81. The fraction of sp³-hybridized carbons (Fsp3) is 0.667. The molecule has 0 radical (unpaired) electrons.